The summed E-state index contributed by atoms with van der Waals surface area (Å²) in [4.78, 5) is 45.0. The standard InChI is InChI=1S/C19H17N5O6/c1-3-29-18(25)13-14(19(26)30-4-2)17(23-11-20-10-21-23)22-15(16(13)24(27)28)12-8-6-5-7-9-12/h5-11H,3-4H2,1-2H3. The van der Waals surface area contributed by atoms with Crippen LogP contribution in [0.15, 0.2) is 43.0 Å². The van der Waals surface area contributed by atoms with Crippen molar-refractivity contribution < 1.29 is 24.0 Å². The lowest BCUT2D eigenvalue weighted by Gasteiger charge is -2.15. The van der Waals surface area contributed by atoms with Crippen molar-refractivity contribution in [2.24, 2.45) is 0 Å². The number of carbonyl (C=O) groups excluding carboxylic acids is 2. The second kappa shape index (κ2) is 8.90. The topological polar surface area (TPSA) is 139 Å². The van der Waals surface area contributed by atoms with E-state index in [9.17, 15) is 19.7 Å². The van der Waals surface area contributed by atoms with Gasteiger partial charge in [0, 0.05) is 5.56 Å². The molecule has 11 nitrogen and oxygen atoms in total. The van der Waals surface area contributed by atoms with Crippen LogP contribution in [0.5, 0.6) is 0 Å². The highest BCUT2D eigenvalue weighted by Gasteiger charge is 2.38. The van der Waals surface area contributed by atoms with E-state index in [1.54, 1.807) is 44.2 Å². The molecule has 0 saturated carbocycles. The number of nitrogens with zero attached hydrogens (tertiary/aromatic N) is 5. The quantitative estimate of drug-likeness (QED) is 0.326. The minimum atomic E-state index is -1.05. The molecule has 0 radical (unpaired) electrons. The van der Waals surface area contributed by atoms with Gasteiger partial charge in [-0.25, -0.2) is 24.2 Å². The zero-order chi connectivity index (χ0) is 21.7. The van der Waals surface area contributed by atoms with Crippen molar-refractivity contribution in [3.05, 3.63) is 64.2 Å². The van der Waals surface area contributed by atoms with Crippen LogP contribution in [-0.2, 0) is 9.47 Å². The number of rotatable bonds is 7. The Morgan fingerprint density at radius 2 is 1.70 bits per heavy atom. The molecule has 30 heavy (non-hydrogen) atoms. The fraction of sp³-hybridized carbons (Fsp3) is 0.211. The van der Waals surface area contributed by atoms with Crippen LogP contribution >= 0.6 is 0 Å². The Hall–Kier alpha value is -4.15. The van der Waals surface area contributed by atoms with E-state index in [1.807, 2.05) is 0 Å². The van der Waals surface area contributed by atoms with Crippen LogP contribution in [0, 0.1) is 10.1 Å². The molecule has 0 fully saturated rings. The molecule has 0 bridgehead atoms. The normalized spacial score (nSPS) is 10.5. The van der Waals surface area contributed by atoms with Crippen molar-refractivity contribution in [3.8, 4) is 17.1 Å². The van der Waals surface area contributed by atoms with Gasteiger partial charge < -0.3 is 9.47 Å². The SMILES string of the molecule is CCOC(=O)c1c(-n2cncn2)nc(-c2ccccc2)c([N+](=O)[O-])c1C(=O)OCC. The summed E-state index contributed by atoms with van der Waals surface area (Å²) in [6.45, 7) is 3.04. The maximum absolute atomic E-state index is 12.8. The van der Waals surface area contributed by atoms with Crippen molar-refractivity contribution in [1.82, 2.24) is 19.7 Å². The number of hydrogen-bond donors (Lipinski definition) is 0. The second-order valence-corrected chi connectivity index (χ2v) is 5.79. The van der Waals surface area contributed by atoms with Gasteiger partial charge in [-0.3, -0.25) is 10.1 Å². The molecule has 0 amide bonds. The Morgan fingerprint density at radius 1 is 1.07 bits per heavy atom. The third-order valence-electron chi connectivity index (χ3n) is 3.98. The lowest BCUT2D eigenvalue weighted by molar-refractivity contribution is -0.384. The maximum Gasteiger partial charge on any atom is 0.346 e. The molecule has 0 aliphatic heterocycles. The van der Waals surface area contributed by atoms with Crippen molar-refractivity contribution in [1.29, 1.82) is 0 Å². The molecule has 0 spiro atoms. The number of esters is 2. The second-order valence-electron chi connectivity index (χ2n) is 5.79. The van der Waals surface area contributed by atoms with Crippen molar-refractivity contribution in [2.75, 3.05) is 13.2 Å². The summed E-state index contributed by atoms with van der Waals surface area (Å²) in [6.07, 6.45) is 2.45. The predicted molar refractivity (Wildman–Crippen MR) is 103 cm³/mol. The summed E-state index contributed by atoms with van der Waals surface area (Å²) in [6, 6.07) is 8.25. The minimum absolute atomic E-state index is 0.0217. The molecule has 2 aromatic heterocycles. The summed E-state index contributed by atoms with van der Waals surface area (Å²) < 4.78 is 11.2. The van der Waals surface area contributed by atoms with Gasteiger partial charge in [0.15, 0.2) is 17.1 Å². The van der Waals surface area contributed by atoms with Crippen molar-refractivity contribution >= 4 is 17.6 Å². The fourth-order valence-electron chi connectivity index (χ4n) is 2.82. The Kier molecular flexibility index (Phi) is 6.11. The van der Waals surface area contributed by atoms with Crippen LogP contribution < -0.4 is 0 Å². The molecule has 0 atom stereocenters. The van der Waals surface area contributed by atoms with Gasteiger partial charge in [0.05, 0.1) is 18.1 Å². The van der Waals surface area contributed by atoms with Gasteiger partial charge in [-0.15, -0.1) is 0 Å². The summed E-state index contributed by atoms with van der Waals surface area (Å²) in [5.74, 6) is -2.16. The van der Waals surface area contributed by atoms with Crippen LogP contribution in [0.3, 0.4) is 0 Å². The smallest absolute Gasteiger partial charge is 0.346 e. The van der Waals surface area contributed by atoms with Crippen LogP contribution in [0.4, 0.5) is 5.69 Å². The number of ether oxygens (including phenoxy) is 2. The largest absolute Gasteiger partial charge is 0.462 e. The van der Waals surface area contributed by atoms with E-state index < -0.39 is 33.7 Å². The van der Waals surface area contributed by atoms with Crippen molar-refractivity contribution in [3.63, 3.8) is 0 Å². The Balaban J connectivity index is 2.48. The highest BCUT2D eigenvalue weighted by Crippen LogP contribution is 2.36. The number of aromatic nitrogens is 4. The minimum Gasteiger partial charge on any atom is -0.462 e. The Labute approximate surface area is 170 Å². The number of nitro groups is 1. The molecule has 2 heterocycles. The first-order valence-electron chi connectivity index (χ1n) is 8.96. The number of pyridine rings is 1. The van der Waals surface area contributed by atoms with Crippen molar-refractivity contribution in [2.45, 2.75) is 13.8 Å². The summed E-state index contributed by atoms with van der Waals surface area (Å²) in [5.41, 5.74) is -1.40. The zero-order valence-electron chi connectivity index (χ0n) is 16.1. The number of hydrogen-bond acceptors (Lipinski definition) is 9. The molecule has 0 aliphatic carbocycles. The van der Waals surface area contributed by atoms with E-state index in [2.05, 4.69) is 15.1 Å². The lowest BCUT2D eigenvalue weighted by Crippen LogP contribution is -2.21. The van der Waals surface area contributed by atoms with Gasteiger partial charge in [0.2, 0.25) is 0 Å². The third kappa shape index (κ3) is 3.85. The lowest BCUT2D eigenvalue weighted by atomic mass is 10.0. The molecular formula is C19H17N5O6. The highest BCUT2D eigenvalue weighted by atomic mass is 16.6. The molecular weight excluding hydrogens is 394 g/mol. The van der Waals surface area contributed by atoms with Crippen LogP contribution in [0.1, 0.15) is 34.6 Å². The number of benzene rings is 1. The first-order chi connectivity index (χ1) is 14.5. The number of carbonyl (C=O) groups is 2. The van der Waals surface area contributed by atoms with E-state index in [-0.39, 0.29) is 24.7 Å². The van der Waals surface area contributed by atoms with E-state index >= 15 is 0 Å². The first-order valence-corrected chi connectivity index (χ1v) is 8.96. The zero-order valence-corrected chi connectivity index (χ0v) is 16.1. The molecule has 0 N–H and O–H groups in total. The molecule has 3 rings (SSSR count). The first kappa shape index (κ1) is 20.6. The maximum atomic E-state index is 12.8. The van der Waals surface area contributed by atoms with Crippen LogP contribution in [-0.4, -0.2) is 49.8 Å². The third-order valence-corrected chi connectivity index (χ3v) is 3.98. The average Bonchev–Trinajstić information content (AvgIpc) is 3.27. The Morgan fingerprint density at radius 3 is 2.23 bits per heavy atom. The van der Waals surface area contributed by atoms with Gasteiger partial charge in [-0.2, -0.15) is 5.10 Å². The fourth-order valence-corrected chi connectivity index (χ4v) is 2.82. The van der Waals surface area contributed by atoms with Gasteiger partial charge in [0.25, 0.3) is 0 Å². The van der Waals surface area contributed by atoms with Gasteiger partial charge in [-0.1, -0.05) is 30.3 Å². The summed E-state index contributed by atoms with van der Waals surface area (Å²) >= 11 is 0. The monoisotopic (exact) mass is 411 g/mol. The molecule has 0 saturated heterocycles. The van der Waals surface area contributed by atoms with E-state index in [4.69, 9.17) is 9.47 Å². The van der Waals surface area contributed by atoms with Crippen LogP contribution in [0.25, 0.3) is 17.1 Å². The average molecular weight is 411 g/mol. The molecule has 0 aliphatic rings. The highest BCUT2D eigenvalue weighted by molar-refractivity contribution is 6.09. The summed E-state index contributed by atoms with van der Waals surface area (Å²) in [5, 5.41) is 16.0. The predicted octanol–water partition coefficient (Wildman–Crippen LogP) is 2.59. The van der Waals surface area contributed by atoms with Gasteiger partial charge in [-0.05, 0) is 13.8 Å². The van der Waals surface area contributed by atoms with E-state index in [1.165, 1.54) is 12.7 Å². The Bertz CT molecular complexity index is 1080. The molecule has 11 heteroatoms. The van der Waals surface area contributed by atoms with Gasteiger partial charge >= 0.3 is 17.6 Å². The molecule has 154 valence electrons. The van der Waals surface area contributed by atoms with E-state index in [0.717, 1.165) is 4.68 Å². The molecule has 1 aromatic carbocycles. The van der Waals surface area contributed by atoms with Crippen LogP contribution in [0.2, 0.25) is 0 Å². The summed E-state index contributed by atoms with van der Waals surface area (Å²) in [7, 11) is 0. The van der Waals surface area contributed by atoms with E-state index in [0.29, 0.717) is 5.56 Å². The van der Waals surface area contributed by atoms with Gasteiger partial charge in [0.1, 0.15) is 18.2 Å². The molecule has 0 unspecified atom stereocenters. The molecule has 3 aromatic rings.